The molecule has 2 rings (SSSR count). The van der Waals surface area contributed by atoms with E-state index in [1.807, 2.05) is 19.1 Å². The first kappa shape index (κ1) is 20.7. The molecule has 1 atom stereocenters. The van der Waals surface area contributed by atoms with Gasteiger partial charge in [0.15, 0.2) is 0 Å². The van der Waals surface area contributed by atoms with Crippen LogP contribution in [0.5, 0.6) is 0 Å². The largest absolute Gasteiger partial charge is 0.349 e. The Kier molecular flexibility index (Phi) is 6.69. The lowest BCUT2D eigenvalue weighted by molar-refractivity contribution is 0.0940. The molecule has 0 unspecified atom stereocenters. The van der Waals surface area contributed by atoms with Crippen LogP contribution in [0.1, 0.15) is 22.8 Å². The lowest BCUT2D eigenvalue weighted by Gasteiger charge is -2.16. The molecule has 1 amide bonds. The Bertz CT molecular complexity index is 897. The number of sulfonamides is 1. The summed E-state index contributed by atoms with van der Waals surface area (Å²) < 4.78 is 25.6. The molecular formula is C18H20Cl2N2O3S. The molecule has 5 nitrogen and oxygen atoms in total. The maximum Gasteiger partial charge on any atom is 0.253 e. The van der Waals surface area contributed by atoms with E-state index in [9.17, 15) is 13.2 Å². The van der Waals surface area contributed by atoms with Gasteiger partial charge in [0.05, 0.1) is 15.5 Å². The molecule has 0 saturated heterocycles. The van der Waals surface area contributed by atoms with E-state index < -0.39 is 15.9 Å². The van der Waals surface area contributed by atoms with E-state index in [2.05, 4.69) is 5.32 Å². The number of rotatable bonds is 6. The average molecular weight is 415 g/mol. The van der Waals surface area contributed by atoms with Crippen molar-refractivity contribution in [3.05, 3.63) is 63.6 Å². The SMILES string of the molecule is C[C@H](Cc1ccc(Cl)cc1)NC(=O)c1cc(S(=O)(=O)N(C)C)ccc1Cl. The van der Waals surface area contributed by atoms with Gasteiger partial charge in [-0.05, 0) is 49.2 Å². The maximum absolute atomic E-state index is 12.5. The summed E-state index contributed by atoms with van der Waals surface area (Å²) in [5, 5.41) is 3.69. The summed E-state index contributed by atoms with van der Waals surface area (Å²) >= 11 is 12.0. The number of nitrogens with one attached hydrogen (secondary N) is 1. The summed E-state index contributed by atoms with van der Waals surface area (Å²) in [5.41, 5.74) is 1.15. The van der Waals surface area contributed by atoms with Crippen molar-refractivity contribution in [3.63, 3.8) is 0 Å². The van der Waals surface area contributed by atoms with Crippen molar-refractivity contribution in [1.29, 1.82) is 0 Å². The maximum atomic E-state index is 12.5. The van der Waals surface area contributed by atoms with Gasteiger partial charge >= 0.3 is 0 Å². The lowest BCUT2D eigenvalue weighted by atomic mass is 10.1. The Morgan fingerprint density at radius 3 is 2.31 bits per heavy atom. The smallest absolute Gasteiger partial charge is 0.253 e. The summed E-state index contributed by atoms with van der Waals surface area (Å²) in [7, 11) is -0.792. The first-order chi connectivity index (χ1) is 12.1. The molecule has 0 fully saturated rings. The first-order valence-electron chi connectivity index (χ1n) is 7.88. The quantitative estimate of drug-likeness (QED) is 0.784. The minimum atomic E-state index is -3.65. The number of hydrogen-bond acceptors (Lipinski definition) is 3. The van der Waals surface area contributed by atoms with Crippen molar-refractivity contribution in [3.8, 4) is 0 Å². The second-order valence-electron chi connectivity index (χ2n) is 6.13. The van der Waals surface area contributed by atoms with Crippen molar-refractivity contribution in [1.82, 2.24) is 9.62 Å². The van der Waals surface area contributed by atoms with E-state index in [1.54, 1.807) is 12.1 Å². The molecule has 0 aliphatic carbocycles. The third-order valence-electron chi connectivity index (χ3n) is 3.79. The lowest BCUT2D eigenvalue weighted by Crippen LogP contribution is -2.34. The third kappa shape index (κ3) is 4.98. The fourth-order valence-electron chi connectivity index (χ4n) is 2.38. The van der Waals surface area contributed by atoms with Gasteiger partial charge in [0.25, 0.3) is 5.91 Å². The number of hydrogen-bond donors (Lipinski definition) is 1. The molecule has 0 saturated carbocycles. The van der Waals surface area contributed by atoms with Crippen LogP contribution in [0.15, 0.2) is 47.4 Å². The van der Waals surface area contributed by atoms with Gasteiger partial charge in [-0.1, -0.05) is 35.3 Å². The van der Waals surface area contributed by atoms with Gasteiger partial charge < -0.3 is 5.32 Å². The van der Waals surface area contributed by atoms with E-state index >= 15 is 0 Å². The topological polar surface area (TPSA) is 66.5 Å². The van der Waals surface area contributed by atoms with E-state index in [0.717, 1.165) is 9.87 Å². The first-order valence-corrected chi connectivity index (χ1v) is 10.1. The highest BCUT2D eigenvalue weighted by Crippen LogP contribution is 2.22. The Balaban J connectivity index is 2.17. The Labute approximate surface area is 164 Å². The van der Waals surface area contributed by atoms with Gasteiger partial charge in [0.2, 0.25) is 10.0 Å². The molecule has 2 aromatic rings. The Morgan fingerprint density at radius 2 is 1.73 bits per heavy atom. The van der Waals surface area contributed by atoms with E-state index in [1.165, 1.54) is 32.3 Å². The molecule has 0 radical (unpaired) electrons. The minimum Gasteiger partial charge on any atom is -0.349 e. The zero-order valence-corrected chi connectivity index (χ0v) is 17.0. The molecule has 0 bridgehead atoms. The predicted octanol–water partition coefficient (Wildman–Crippen LogP) is 3.60. The van der Waals surface area contributed by atoms with Gasteiger partial charge in [0, 0.05) is 25.2 Å². The number of carbonyl (C=O) groups excluding carboxylic acids is 1. The summed E-state index contributed by atoms with van der Waals surface area (Å²) in [4.78, 5) is 12.6. The summed E-state index contributed by atoms with van der Waals surface area (Å²) in [5.74, 6) is -0.424. The van der Waals surface area contributed by atoms with Gasteiger partial charge in [-0.3, -0.25) is 4.79 Å². The van der Waals surface area contributed by atoms with Crippen molar-refractivity contribution in [2.75, 3.05) is 14.1 Å². The van der Waals surface area contributed by atoms with Crippen LogP contribution in [0, 0.1) is 0 Å². The molecule has 0 spiro atoms. The number of amides is 1. The van der Waals surface area contributed by atoms with Crippen molar-refractivity contribution >= 4 is 39.1 Å². The van der Waals surface area contributed by atoms with E-state index in [4.69, 9.17) is 23.2 Å². The average Bonchev–Trinajstić information content (AvgIpc) is 2.56. The normalized spacial score (nSPS) is 12.8. The molecular weight excluding hydrogens is 395 g/mol. The molecule has 2 aromatic carbocycles. The summed E-state index contributed by atoms with van der Waals surface area (Å²) in [6.45, 7) is 1.86. The Hall–Kier alpha value is -1.60. The highest BCUT2D eigenvalue weighted by atomic mass is 35.5. The fraction of sp³-hybridized carbons (Fsp3) is 0.278. The minimum absolute atomic E-state index is 0.0161. The zero-order valence-electron chi connectivity index (χ0n) is 14.7. The molecule has 0 aliphatic heterocycles. The standard InChI is InChI=1S/C18H20Cl2N2O3S/c1-12(10-13-4-6-14(19)7-5-13)21-18(23)16-11-15(8-9-17(16)20)26(24,25)22(2)3/h4-9,11-12H,10H2,1-3H3,(H,21,23)/t12-/m1/s1. The van der Waals surface area contributed by atoms with Crippen molar-refractivity contribution in [2.45, 2.75) is 24.3 Å². The van der Waals surface area contributed by atoms with Crippen LogP contribution in [0.3, 0.4) is 0 Å². The van der Waals surface area contributed by atoms with Crippen LogP contribution in [0.25, 0.3) is 0 Å². The number of benzene rings is 2. The second kappa shape index (κ2) is 8.39. The summed E-state index contributed by atoms with van der Waals surface area (Å²) in [6, 6.07) is 11.3. The van der Waals surface area contributed by atoms with Crippen LogP contribution in [0.2, 0.25) is 10.0 Å². The highest BCUT2D eigenvalue weighted by molar-refractivity contribution is 7.89. The zero-order chi connectivity index (χ0) is 19.5. The second-order valence-corrected chi connectivity index (χ2v) is 9.13. The summed E-state index contributed by atoms with van der Waals surface area (Å²) in [6.07, 6.45) is 0.607. The van der Waals surface area contributed by atoms with E-state index in [-0.39, 0.29) is 21.5 Å². The molecule has 8 heteroatoms. The van der Waals surface area contributed by atoms with Crippen LogP contribution in [0.4, 0.5) is 0 Å². The molecule has 1 N–H and O–H groups in total. The third-order valence-corrected chi connectivity index (χ3v) is 6.19. The Morgan fingerprint density at radius 1 is 1.12 bits per heavy atom. The monoisotopic (exact) mass is 414 g/mol. The van der Waals surface area contributed by atoms with Crippen LogP contribution >= 0.6 is 23.2 Å². The van der Waals surface area contributed by atoms with Crippen LogP contribution in [-0.4, -0.2) is 38.8 Å². The predicted molar refractivity (Wildman–Crippen MR) is 104 cm³/mol. The fourth-order valence-corrected chi connectivity index (χ4v) is 3.63. The molecule has 0 heterocycles. The molecule has 0 aromatic heterocycles. The van der Waals surface area contributed by atoms with Gasteiger partial charge in [-0.15, -0.1) is 0 Å². The van der Waals surface area contributed by atoms with Gasteiger partial charge in [-0.25, -0.2) is 12.7 Å². The molecule has 140 valence electrons. The number of nitrogens with zero attached hydrogens (tertiary/aromatic N) is 1. The van der Waals surface area contributed by atoms with Crippen LogP contribution < -0.4 is 5.32 Å². The van der Waals surface area contributed by atoms with Gasteiger partial charge in [0.1, 0.15) is 0 Å². The van der Waals surface area contributed by atoms with Crippen molar-refractivity contribution < 1.29 is 13.2 Å². The van der Waals surface area contributed by atoms with Crippen molar-refractivity contribution in [2.24, 2.45) is 0 Å². The molecule has 26 heavy (non-hydrogen) atoms. The van der Waals surface area contributed by atoms with Crippen LogP contribution in [-0.2, 0) is 16.4 Å². The highest BCUT2D eigenvalue weighted by Gasteiger charge is 2.21. The van der Waals surface area contributed by atoms with Gasteiger partial charge in [-0.2, -0.15) is 0 Å². The molecule has 0 aliphatic rings. The van der Waals surface area contributed by atoms with E-state index in [0.29, 0.717) is 11.4 Å². The number of carbonyl (C=O) groups is 1. The number of halogens is 2.